The Morgan fingerprint density at radius 2 is 1.12 bits per heavy atom. The van der Waals surface area contributed by atoms with Crippen LogP contribution in [0, 0.1) is 36.5 Å². The van der Waals surface area contributed by atoms with Crippen molar-refractivity contribution in [3.63, 3.8) is 0 Å². The molecule has 0 aliphatic heterocycles. The van der Waals surface area contributed by atoms with Crippen LogP contribution in [0.3, 0.4) is 0 Å². The number of aryl methyl sites for hydroxylation is 2. The van der Waals surface area contributed by atoms with Crippen molar-refractivity contribution in [3.8, 4) is 23.3 Å². The molecular formula is C42H47ClN4O2. The minimum absolute atomic E-state index is 0.160. The summed E-state index contributed by atoms with van der Waals surface area (Å²) >= 11 is 6.20. The fraction of sp³-hybridized carbons (Fsp3) is 0.381. The van der Waals surface area contributed by atoms with Crippen molar-refractivity contribution in [1.29, 1.82) is 10.5 Å². The number of hydrogen-bond donors (Lipinski definition) is 0. The van der Waals surface area contributed by atoms with E-state index >= 15 is 0 Å². The zero-order valence-corrected chi connectivity index (χ0v) is 30.4. The predicted molar refractivity (Wildman–Crippen MR) is 203 cm³/mol. The standard InChI is InChI=1S/C25H28N2O.C17H19ClN2O/c1-5-8-20(9-6-2)27-16-19(15-26)25(28)24-22(10-7-11-23(24)27)21-13-12-17(3)14-18(21)4;1-3-6-13(7-4-2)20-11-12(10-19)17(21)16-14(18)8-5-9-15(16)20/h7,10-14,16,20H,5-6,8-9H2,1-4H3;5,8-9,11,13H,3-4,6-7H2,1-2H3. The van der Waals surface area contributed by atoms with Gasteiger partial charge in [-0.3, -0.25) is 9.59 Å². The Morgan fingerprint density at radius 1 is 0.653 bits per heavy atom. The highest BCUT2D eigenvalue weighted by molar-refractivity contribution is 6.35. The van der Waals surface area contributed by atoms with Crippen molar-refractivity contribution in [1.82, 2.24) is 9.13 Å². The van der Waals surface area contributed by atoms with E-state index in [-0.39, 0.29) is 28.0 Å². The molecule has 2 heterocycles. The topological polar surface area (TPSA) is 91.6 Å². The van der Waals surface area contributed by atoms with E-state index in [4.69, 9.17) is 11.6 Å². The van der Waals surface area contributed by atoms with Crippen molar-refractivity contribution in [2.45, 2.75) is 105 Å². The molecule has 0 bridgehead atoms. The van der Waals surface area contributed by atoms with E-state index in [1.165, 1.54) is 5.56 Å². The lowest BCUT2D eigenvalue weighted by molar-refractivity contribution is 0.435. The van der Waals surface area contributed by atoms with Crippen LogP contribution in [0.25, 0.3) is 32.9 Å². The maximum atomic E-state index is 13.2. The summed E-state index contributed by atoms with van der Waals surface area (Å²) in [6.07, 6.45) is 11.8. The van der Waals surface area contributed by atoms with E-state index in [1.807, 2.05) is 36.4 Å². The molecule has 254 valence electrons. The molecule has 5 aromatic rings. The fourth-order valence-corrected chi connectivity index (χ4v) is 7.29. The van der Waals surface area contributed by atoms with E-state index in [0.29, 0.717) is 21.8 Å². The van der Waals surface area contributed by atoms with Crippen LogP contribution in [0.15, 0.2) is 76.6 Å². The Bertz CT molecular complexity index is 2140. The lowest BCUT2D eigenvalue weighted by Crippen LogP contribution is -2.18. The minimum Gasteiger partial charge on any atom is -0.343 e. The van der Waals surface area contributed by atoms with Gasteiger partial charge >= 0.3 is 0 Å². The van der Waals surface area contributed by atoms with Gasteiger partial charge in [0.1, 0.15) is 23.3 Å². The average Bonchev–Trinajstić information content (AvgIpc) is 3.09. The van der Waals surface area contributed by atoms with Crippen molar-refractivity contribution >= 4 is 33.4 Å². The van der Waals surface area contributed by atoms with Gasteiger partial charge in [0.05, 0.1) is 26.8 Å². The summed E-state index contributed by atoms with van der Waals surface area (Å²) in [5.74, 6) is 0. The monoisotopic (exact) mass is 674 g/mol. The number of nitrogens with zero attached hydrogens (tertiary/aromatic N) is 4. The normalized spacial score (nSPS) is 11.1. The minimum atomic E-state index is -0.277. The van der Waals surface area contributed by atoms with Crippen LogP contribution in [-0.2, 0) is 0 Å². The summed E-state index contributed by atoms with van der Waals surface area (Å²) in [7, 11) is 0. The second-order valence-electron chi connectivity index (χ2n) is 12.9. The number of fused-ring (bicyclic) bond motifs is 2. The van der Waals surface area contributed by atoms with Gasteiger partial charge in [-0.1, -0.05) is 107 Å². The molecule has 0 N–H and O–H groups in total. The number of aromatic nitrogens is 2. The van der Waals surface area contributed by atoms with Gasteiger partial charge in [-0.2, -0.15) is 10.5 Å². The van der Waals surface area contributed by atoms with Crippen LogP contribution >= 0.6 is 11.6 Å². The second-order valence-corrected chi connectivity index (χ2v) is 13.3. The maximum Gasteiger partial charge on any atom is 0.208 e. The number of halogens is 1. The van der Waals surface area contributed by atoms with Gasteiger partial charge in [0.2, 0.25) is 10.9 Å². The first-order chi connectivity index (χ1) is 23.6. The highest BCUT2D eigenvalue weighted by Crippen LogP contribution is 2.33. The highest BCUT2D eigenvalue weighted by atomic mass is 35.5. The van der Waals surface area contributed by atoms with Crippen molar-refractivity contribution in [2.75, 3.05) is 0 Å². The number of rotatable bonds is 11. The molecule has 0 atom stereocenters. The number of pyridine rings is 2. The molecular weight excluding hydrogens is 628 g/mol. The molecule has 0 spiro atoms. The lowest BCUT2D eigenvalue weighted by Gasteiger charge is -2.23. The Kier molecular flexibility index (Phi) is 13.0. The molecule has 3 aromatic carbocycles. The van der Waals surface area contributed by atoms with E-state index in [0.717, 1.165) is 79.1 Å². The molecule has 0 radical (unpaired) electrons. The van der Waals surface area contributed by atoms with Gasteiger partial charge in [0.25, 0.3) is 0 Å². The van der Waals surface area contributed by atoms with E-state index in [9.17, 15) is 20.1 Å². The fourth-order valence-electron chi connectivity index (χ4n) is 7.03. The number of nitriles is 2. The van der Waals surface area contributed by atoms with Gasteiger partial charge < -0.3 is 9.13 Å². The van der Waals surface area contributed by atoms with Gasteiger partial charge in [-0.25, -0.2) is 0 Å². The second kappa shape index (κ2) is 17.1. The highest BCUT2D eigenvalue weighted by Gasteiger charge is 2.19. The molecule has 6 nitrogen and oxygen atoms in total. The molecule has 2 aromatic heterocycles. The third-order valence-corrected chi connectivity index (χ3v) is 9.57. The van der Waals surface area contributed by atoms with Gasteiger partial charge in [-0.05, 0) is 74.4 Å². The molecule has 0 aliphatic rings. The molecule has 7 heteroatoms. The first kappa shape index (κ1) is 37.2. The van der Waals surface area contributed by atoms with Crippen molar-refractivity contribution in [3.05, 3.63) is 115 Å². The molecule has 0 saturated heterocycles. The Hall–Kier alpha value is -4.65. The summed E-state index contributed by atoms with van der Waals surface area (Å²) in [5.41, 5.74) is 5.98. The molecule has 0 amide bonds. The Morgan fingerprint density at radius 3 is 1.59 bits per heavy atom. The molecule has 5 rings (SSSR count). The third-order valence-electron chi connectivity index (χ3n) is 9.26. The smallest absolute Gasteiger partial charge is 0.208 e. The first-order valence-electron chi connectivity index (χ1n) is 17.5. The predicted octanol–water partition coefficient (Wildman–Crippen LogP) is 11.0. The summed E-state index contributed by atoms with van der Waals surface area (Å²) in [4.78, 5) is 25.5. The molecule has 49 heavy (non-hydrogen) atoms. The van der Waals surface area contributed by atoms with Gasteiger partial charge in [0.15, 0.2) is 0 Å². The summed E-state index contributed by atoms with van der Waals surface area (Å²) < 4.78 is 4.24. The zero-order chi connectivity index (χ0) is 35.7. The summed E-state index contributed by atoms with van der Waals surface area (Å²) in [5, 5.41) is 20.4. The van der Waals surface area contributed by atoms with Crippen molar-refractivity contribution < 1.29 is 0 Å². The Labute approximate surface area is 295 Å². The average molecular weight is 675 g/mol. The largest absolute Gasteiger partial charge is 0.343 e. The molecule has 0 fully saturated rings. The maximum absolute atomic E-state index is 13.2. The summed E-state index contributed by atoms with van der Waals surface area (Å²) in [6.45, 7) is 12.8. The quantitative estimate of drug-likeness (QED) is 0.139. The number of benzene rings is 3. The number of hydrogen-bond acceptors (Lipinski definition) is 4. The Balaban J connectivity index is 0.000000230. The van der Waals surface area contributed by atoms with Crippen LogP contribution in [-0.4, -0.2) is 9.13 Å². The molecule has 0 unspecified atom stereocenters. The van der Waals surface area contributed by atoms with Crippen LogP contribution in [0.1, 0.15) is 113 Å². The van der Waals surface area contributed by atoms with E-state index in [2.05, 4.69) is 74.9 Å². The van der Waals surface area contributed by atoms with Crippen LogP contribution in [0.4, 0.5) is 0 Å². The van der Waals surface area contributed by atoms with Gasteiger partial charge in [0, 0.05) is 24.5 Å². The zero-order valence-electron chi connectivity index (χ0n) is 29.6. The van der Waals surface area contributed by atoms with Crippen LogP contribution in [0.2, 0.25) is 5.02 Å². The SMILES string of the molecule is CCCC(CCC)n1cc(C#N)c(=O)c2c(-c3ccc(C)cc3C)cccc21.CCCC(CCC)n1cc(C#N)c(=O)c2c(Cl)cccc21. The van der Waals surface area contributed by atoms with Crippen molar-refractivity contribution in [2.24, 2.45) is 0 Å². The van der Waals surface area contributed by atoms with Crippen LogP contribution in [0.5, 0.6) is 0 Å². The van der Waals surface area contributed by atoms with Crippen LogP contribution < -0.4 is 10.9 Å². The lowest BCUT2D eigenvalue weighted by atomic mass is 9.94. The van der Waals surface area contributed by atoms with E-state index < -0.39 is 0 Å². The molecule has 0 saturated carbocycles. The summed E-state index contributed by atoms with van der Waals surface area (Å²) in [6, 6.07) is 22.5. The van der Waals surface area contributed by atoms with Gasteiger partial charge in [-0.15, -0.1) is 0 Å². The molecule has 0 aliphatic carbocycles. The first-order valence-corrected chi connectivity index (χ1v) is 17.9. The third kappa shape index (κ3) is 7.98. The van der Waals surface area contributed by atoms with E-state index in [1.54, 1.807) is 18.5 Å².